The van der Waals surface area contributed by atoms with Crippen molar-refractivity contribution in [2.24, 2.45) is 11.8 Å². The molecule has 172 valence electrons. The topological polar surface area (TPSA) is 78.7 Å². The first-order chi connectivity index (χ1) is 15.3. The Labute approximate surface area is 185 Å². The predicted molar refractivity (Wildman–Crippen MR) is 114 cm³/mol. The Morgan fingerprint density at radius 1 is 1.22 bits per heavy atom. The molecule has 1 saturated carbocycles. The second-order valence-electron chi connectivity index (χ2n) is 8.96. The van der Waals surface area contributed by atoms with Crippen LogP contribution in [0, 0.1) is 23.5 Å². The lowest BCUT2D eigenvalue weighted by Crippen LogP contribution is -2.56. The summed E-state index contributed by atoms with van der Waals surface area (Å²) in [6.45, 7) is 2.40. The molecule has 1 N–H and O–H groups in total. The first-order valence-electron chi connectivity index (χ1n) is 11.0. The number of nitrogens with zero attached hydrogens (tertiary/aromatic N) is 3. The fourth-order valence-electron chi connectivity index (χ4n) is 4.42. The quantitative estimate of drug-likeness (QED) is 0.738. The molecule has 2 heterocycles. The second-order valence-corrected chi connectivity index (χ2v) is 8.96. The Morgan fingerprint density at radius 2 is 2.00 bits per heavy atom. The Bertz CT molecular complexity index is 989. The minimum absolute atomic E-state index is 0.0166. The number of hydrogen-bond acceptors (Lipinski definition) is 5. The summed E-state index contributed by atoms with van der Waals surface area (Å²) in [6.07, 6.45) is 4.41. The number of amides is 2. The number of benzene rings is 1. The Balaban J connectivity index is 1.45. The van der Waals surface area contributed by atoms with Gasteiger partial charge in [0.25, 0.3) is 5.91 Å². The number of carbonyl (C=O) groups is 2. The normalized spacial score (nSPS) is 21.8. The summed E-state index contributed by atoms with van der Waals surface area (Å²) in [5.41, 5.74) is -0.000380. The first-order valence-corrected chi connectivity index (χ1v) is 11.0. The fourth-order valence-corrected chi connectivity index (χ4v) is 4.42. The minimum atomic E-state index is -0.802. The maximum atomic E-state index is 14.0. The minimum Gasteiger partial charge on any atom is -0.355 e. The van der Waals surface area contributed by atoms with Gasteiger partial charge in [0.15, 0.2) is 11.5 Å². The van der Waals surface area contributed by atoms with E-state index in [1.165, 1.54) is 31.4 Å². The van der Waals surface area contributed by atoms with E-state index in [0.29, 0.717) is 18.9 Å². The molecule has 1 aliphatic heterocycles. The highest BCUT2D eigenvalue weighted by atomic mass is 19.1. The Kier molecular flexibility index (Phi) is 6.55. The van der Waals surface area contributed by atoms with Crippen LogP contribution < -0.4 is 5.32 Å². The average Bonchev–Trinajstić information content (AvgIpc) is 3.21. The standard InChI is InChI=1S/C23H28F2N4O3/c1-28(2)23(31)17-13-29(12-14-4-3-5-14)9-8-19(17)26-22(30)20-11-21(32-27-20)16-7-6-15(24)10-18(16)25/h6-7,10-11,14,17,19H,3-5,8-9,12-13H2,1-2H3,(H,26,30). The van der Waals surface area contributed by atoms with Crippen LogP contribution in [0.25, 0.3) is 11.3 Å². The number of carbonyl (C=O) groups excluding carboxylic acids is 2. The zero-order chi connectivity index (χ0) is 22.8. The van der Waals surface area contributed by atoms with Crippen LogP contribution in [-0.4, -0.2) is 66.5 Å². The number of likely N-dealkylation sites (tertiary alicyclic amines) is 1. The van der Waals surface area contributed by atoms with Crippen LogP contribution in [0.3, 0.4) is 0 Å². The summed E-state index contributed by atoms with van der Waals surface area (Å²) < 4.78 is 32.3. The van der Waals surface area contributed by atoms with E-state index in [9.17, 15) is 18.4 Å². The van der Waals surface area contributed by atoms with Crippen molar-refractivity contribution in [3.8, 4) is 11.3 Å². The molecule has 0 bridgehead atoms. The Morgan fingerprint density at radius 3 is 2.66 bits per heavy atom. The van der Waals surface area contributed by atoms with Crippen molar-refractivity contribution in [1.29, 1.82) is 0 Å². The molecule has 2 unspecified atom stereocenters. The lowest BCUT2D eigenvalue weighted by atomic mass is 9.83. The molecule has 2 atom stereocenters. The van der Waals surface area contributed by atoms with Crippen LogP contribution in [0.15, 0.2) is 28.8 Å². The molecule has 7 nitrogen and oxygen atoms in total. The fraction of sp³-hybridized carbons (Fsp3) is 0.522. The maximum Gasteiger partial charge on any atom is 0.273 e. The molecular weight excluding hydrogens is 418 g/mol. The average molecular weight is 446 g/mol. The third kappa shape index (κ3) is 4.82. The SMILES string of the molecule is CN(C)C(=O)C1CN(CC2CCC2)CCC1NC(=O)c1cc(-c2ccc(F)cc2F)on1. The molecular formula is C23H28F2N4O3. The van der Waals surface area contributed by atoms with Crippen LogP contribution in [0.5, 0.6) is 0 Å². The van der Waals surface area contributed by atoms with Crippen LogP contribution in [0.2, 0.25) is 0 Å². The highest BCUT2D eigenvalue weighted by Gasteiger charge is 2.37. The molecule has 0 radical (unpaired) electrons. The molecule has 1 aliphatic carbocycles. The van der Waals surface area contributed by atoms with Gasteiger partial charge in [-0.2, -0.15) is 0 Å². The van der Waals surface area contributed by atoms with E-state index in [-0.39, 0.29) is 34.9 Å². The van der Waals surface area contributed by atoms with Gasteiger partial charge in [-0.05, 0) is 37.3 Å². The Hall–Kier alpha value is -2.81. The lowest BCUT2D eigenvalue weighted by molar-refractivity contribution is -0.135. The van der Waals surface area contributed by atoms with Crippen molar-refractivity contribution in [3.05, 3.63) is 41.6 Å². The zero-order valence-corrected chi connectivity index (χ0v) is 18.3. The van der Waals surface area contributed by atoms with Gasteiger partial charge in [0, 0.05) is 51.9 Å². The van der Waals surface area contributed by atoms with E-state index in [2.05, 4.69) is 15.4 Å². The predicted octanol–water partition coefficient (Wildman–Crippen LogP) is 2.93. The smallest absolute Gasteiger partial charge is 0.273 e. The van der Waals surface area contributed by atoms with Gasteiger partial charge in [-0.1, -0.05) is 11.6 Å². The largest absolute Gasteiger partial charge is 0.355 e. The maximum absolute atomic E-state index is 14.0. The summed E-state index contributed by atoms with van der Waals surface area (Å²) in [5, 5.41) is 6.67. The van der Waals surface area contributed by atoms with Gasteiger partial charge in [0.1, 0.15) is 11.6 Å². The highest BCUT2D eigenvalue weighted by molar-refractivity contribution is 5.94. The highest BCUT2D eigenvalue weighted by Crippen LogP contribution is 2.29. The van der Waals surface area contributed by atoms with Gasteiger partial charge in [-0.15, -0.1) is 0 Å². The van der Waals surface area contributed by atoms with Crippen LogP contribution >= 0.6 is 0 Å². The van der Waals surface area contributed by atoms with Crippen molar-refractivity contribution >= 4 is 11.8 Å². The molecule has 2 aliphatic rings. The monoisotopic (exact) mass is 446 g/mol. The van der Waals surface area contributed by atoms with Crippen LogP contribution in [-0.2, 0) is 4.79 Å². The van der Waals surface area contributed by atoms with Gasteiger partial charge in [0.05, 0.1) is 11.5 Å². The molecule has 1 aromatic carbocycles. The van der Waals surface area contributed by atoms with Crippen LogP contribution in [0.1, 0.15) is 36.2 Å². The number of nitrogens with one attached hydrogen (secondary N) is 1. The zero-order valence-electron chi connectivity index (χ0n) is 18.3. The van der Waals surface area contributed by atoms with E-state index in [4.69, 9.17) is 4.52 Å². The van der Waals surface area contributed by atoms with Gasteiger partial charge in [-0.3, -0.25) is 9.59 Å². The van der Waals surface area contributed by atoms with Crippen molar-refractivity contribution < 1.29 is 22.9 Å². The van der Waals surface area contributed by atoms with Gasteiger partial charge in [-0.25, -0.2) is 8.78 Å². The summed E-state index contributed by atoms with van der Waals surface area (Å²) >= 11 is 0. The second kappa shape index (κ2) is 9.36. The third-order valence-electron chi connectivity index (χ3n) is 6.45. The number of piperidine rings is 1. The number of aromatic nitrogens is 1. The van der Waals surface area contributed by atoms with Gasteiger partial charge in [0.2, 0.25) is 5.91 Å². The van der Waals surface area contributed by atoms with Gasteiger partial charge < -0.3 is 19.6 Å². The molecule has 2 fully saturated rings. The van der Waals surface area contributed by atoms with Crippen molar-refractivity contribution in [3.63, 3.8) is 0 Å². The number of halogens is 2. The lowest BCUT2D eigenvalue weighted by Gasteiger charge is -2.41. The molecule has 9 heteroatoms. The molecule has 2 amide bonds. The van der Waals surface area contributed by atoms with E-state index >= 15 is 0 Å². The molecule has 1 aromatic heterocycles. The number of hydrogen-bond donors (Lipinski definition) is 1. The van der Waals surface area contributed by atoms with E-state index in [0.717, 1.165) is 25.2 Å². The van der Waals surface area contributed by atoms with E-state index in [1.54, 1.807) is 19.0 Å². The van der Waals surface area contributed by atoms with E-state index < -0.39 is 17.5 Å². The molecule has 0 spiro atoms. The molecule has 1 saturated heterocycles. The summed E-state index contributed by atoms with van der Waals surface area (Å²) in [7, 11) is 3.43. The van der Waals surface area contributed by atoms with Gasteiger partial charge >= 0.3 is 0 Å². The molecule has 32 heavy (non-hydrogen) atoms. The summed E-state index contributed by atoms with van der Waals surface area (Å²) in [5.74, 6) is -1.64. The summed E-state index contributed by atoms with van der Waals surface area (Å²) in [6, 6.07) is 4.07. The third-order valence-corrected chi connectivity index (χ3v) is 6.45. The van der Waals surface area contributed by atoms with Crippen molar-refractivity contribution in [2.75, 3.05) is 33.7 Å². The molecule has 2 aromatic rings. The molecule has 4 rings (SSSR count). The van der Waals surface area contributed by atoms with Crippen LogP contribution in [0.4, 0.5) is 8.78 Å². The first kappa shape index (κ1) is 22.4. The summed E-state index contributed by atoms with van der Waals surface area (Å²) in [4.78, 5) is 29.5. The van der Waals surface area contributed by atoms with E-state index in [1.807, 2.05) is 0 Å². The van der Waals surface area contributed by atoms with Crippen molar-refractivity contribution in [2.45, 2.75) is 31.7 Å². The number of rotatable bonds is 6. The van der Waals surface area contributed by atoms with Crippen molar-refractivity contribution in [1.82, 2.24) is 20.3 Å².